The molecule has 0 aromatic heterocycles. The Morgan fingerprint density at radius 2 is 2.10 bits per heavy atom. The number of hydrogen-bond donors (Lipinski definition) is 1. The minimum absolute atomic E-state index is 0. The van der Waals surface area contributed by atoms with Crippen LogP contribution in [-0.2, 0) is 0 Å². The van der Waals surface area contributed by atoms with Crippen molar-refractivity contribution in [1.82, 2.24) is 15.1 Å². The fourth-order valence-corrected chi connectivity index (χ4v) is 2.67. The molecule has 1 saturated heterocycles. The molecule has 4 nitrogen and oxygen atoms in total. The van der Waals surface area contributed by atoms with Crippen LogP contribution >= 0.6 is 24.0 Å². The van der Waals surface area contributed by atoms with Gasteiger partial charge in [-0.1, -0.05) is 20.3 Å². The number of nitrogens with zero attached hydrogens (tertiary/aromatic N) is 3. The fraction of sp³-hybridized carbons (Fsp3) is 0.938. The van der Waals surface area contributed by atoms with E-state index in [0.29, 0.717) is 0 Å². The van der Waals surface area contributed by atoms with Crippen molar-refractivity contribution in [2.75, 3.05) is 46.3 Å². The van der Waals surface area contributed by atoms with Crippen molar-refractivity contribution in [3.05, 3.63) is 0 Å². The monoisotopic (exact) mass is 410 g/mol. The maximum absolute atomic E-state index is 4.81. The van der Waals surface area contributed by atoms with Gasteiger partial charge >= 0.3 is 0 Å². The van der Waals surface area contributed by atoms with Gasteiger partial charge in [-0.15, -0.1) is 24.0 Å². The van der Waals surface area contributed by atoms with E-state index < -0.39 is 0 Å². The van der Waals surface area contributed by atoms with E-state index in [1.807, 2.05) is 0 Å². The van der Waals surface area contributed by atoms with E-state index in [2.05, 4.69) is 42.9 Å². The molecule has 0 amide bonds. The molecule has 1 rings (SSSR count). The van der Waals surface area contributed by atoms with Gasteiger partial charge in [0.05, 0.1) is 6.54 Å². The van der Waals surface area contributed by atoms with Crippen LogP contribution < -0.4 is 5.32 Å². The molecule has 1 atom stereocenters. The fourth-order valence-electron chi connectivity index (χ4n) is 2.67. The van der Waals surface area contributed by atoms with Gasteiger partial charge in [-0.3, -0.25) is 4.99 Å². The average Bonchev–Trinajstić information content (AvgIpc) is 2.44. The zero-order valence-corrected chi connectivity index (χ0v) is 16.7. The van der Waals surface area contributed by atoms with Gasteiger partial charge in [-0.25, -0.2) is 0 Å². The normalized spacial score (nSPS) is 19.6. The number of unbranched alkanes of at least 4 members (excludes halogenated alkanes) is 1. The smallest absolute Gasteiger partial charge is 0.193 e. The molecule has 0 saturated carbocycles. The summed E-state index contributed by atoms with van der Waals surface area (Å²) in [6, 6.07) is 0. The molecule has 1 N–H and O–H groups in total. The van der Waals surface area contributed by atoms with Crippen LogP contribution in [0.25, 0.3) is 0 Å². The zero-order valence-electron chi connectivity index (χ0n) is 14.4. The van der Waals surface area contributed by atoms with Crippen molar-refractivity contribution in [1.29, 1.82) is 0 Å². The number of hydrogen-bond acceptors (Lipinski definition) is 2. The number of nitrogens with one attached hydrogen (secondary N) is 1. The third kappa shape index (κ3) is 8.86. The Balaban J connectivity index is 0.00000400. The topological polar surface area (TPSA) is 30.9 Å². The van der Waals surface area contributed by atoms with Gasteiger partial charge < -0.3 is 15.1 Å². The summed E-state index contributed by atoms with van der Waals surface area (Å²) in [6.45, 7) is 13.1. The highest BCUT2D eigenvalue weighted by atomic mass is 127. The minimum atomic E-state index is 0. The van der Waals surface area contributed by atoms with Crippen molar-refractivity contribution >= 4 is 29.9 Å². The van der Waals surface area contributed by atoms with Gasteiger partial charge in [-0.05, 0) is 45.7 Å². The predicted octanol–water partition coefficient (Wildman–Crippen LogP) is 3.03. The average molecular weight is 410 g/mol. The molecular formula is C16H35IN4. The first-order valence-electron chi connectivity index (χ1n) is 8.39. The van der Waals surface area contributed by atoms with E-state index >= 15 is 0 Å². The van der Waals surface area contributed by atoms with Gasteiger partial charge in [-0.2, -0.15) is 0 Å². The van der Waals surface area contributed by atoms with Gasteiger partial charge in [0, 0.05) is 26.2 Å². The first-order chi connectivity index (χ1) is 9.67. The lowest BCUT2D eigenvalue weighted by molar-refractivity contribution is 0.265. The van der Waals surface area contributed by atoms with Crippen molar-refractivity contribution in [2.24, 2.45) is 10.9 Å². The Morgan fingerprint density at radius 3 is 2.71 bits per heavy atom. The second-order valence-corrected chi connectivity index (χ2v) is 6.09. The number of piperidine rings is 1. The molecular weight excluding hydrogens is 375 g/mol. The van der Waals surface area contributed by atoms with Crippen LogP contribution in [-0.4, -0.2) is 62.1 Å². The van der Waals surface area contributed by atoms with E-state index in [1.165, 1.54) is 32.2 Å². The molecule has 0 spiro atoms. The SMILES string of the molecule is CCCCN(C)CCN=C(NCC)N1CCCC(C)C1.I. The van der Waals surface area contributed by atoms with E-state index in [9.17, 15) is 0 Å². The molecule has 21 heavy (non-hydrogen) atoms. The van der Waals surface area contributed by atoms with Crippen LogP contribution in [0, 0.1) is 5.92 Å². The molecule has 0 radical (unpaired) electrons. The molecule has 126 valence electrons. The summed E-state index contributed by atoms with van der Waals surface area (Å²) in [4.78, 5) is 9.63. The summed E-state index contributed by atoms with van der Waals surface area (Å²) in [5.41, 5.74) is 0. The first kappa shape index (κ1) is 21.0. The Labute approximate surface area is 148 Å². The van der Waals surface area contributed by atoms with E-state index in [4.69, 9.17) is 4.99 Å². The second kappa shape index (κ2) is 12.5. The highest BCUT2D eigenvalue weighted by Crippen LogP contribution is 2.15. The van der Waals surface area contributed by atoms with Gasteiger partial charge in [0.1, 0.15) is 0 Å². The van der Waals surface area contributed by atoms with Crippen LogP contribution in [0.4, 0.5) is 0 Å². The maximum Gasteiger partial charge on any atom is 0.193 e. The number of likely N-dealkylation sites (tertiary alicyclic amines) is 1. The van der Waals surface area contributed by atoms with Gasteiger partial charge in [0.25, 0.3) is 0 Å². The molecule has 1 heterocycles. The largest absolute Gasteiger partial charge is 0.357 e. The van der Waals surface area contributed by atoms with Gasteiger partial charge in [0.2, 0.25) is 0 Å². The van der Waals surface area contributed by atoms with Crippen molar-refractivity contribution in [2.45, 2.75) is 46.5 Å². The quantitative estimate of drug-likeness (QED) is 0.398. The predicted molar refractivity (Wildman–Crippen MR) is 104 cm³/mol. The van der Waals surface area contributed by atoms with E-state index in [0.717, 1.165) is 44.6 Å². The Kier molecular flexibility index (Phi) is 12.5. The summed E-state index contributed by atoms with van der Waals surface area (Å²) in [7, 11) is 2.20. The van der Waals surface area contributed by atoms with E-state index in [-0.39, 0.29) is 24.0 Å². The zero-order chi connectivity index (χ0) is 14.8. The molecule has 0 aromatic rings. The van der Waals surface area contributed by atoms with Crippen molar-refractivity contribution in [3.63, 3.8) is 0 Å². The van der Waals surface area contributed by atoms with Crippen LogP contribution in [0.1, 0.15) is 46.5 Å². The van der Waals surface area contributed by atoms with E-state index in [1.54, 1.807) is 0 Å². The number of halogens is 1. The molecule has 5 heteroatoms. The summed E-state index contributed by atoms with van der Waals surface area (Å²) < 4.78 is 0. The molecule has 0 aliphatic carbocycles. The number of aliphatic imine (C=N–C) groups is 1. The second-order valence-electron chi connectivity index (χ2n) is 6.09. The highest BCUT2D eigenvalue weighted by Gasteiger charge is 2.18. The standard InChI is InChI=1S/C16H34N4.HI/c1-5-7-11-19(4)13-10-18-16(17-6-2)20-12-8-9-15(3)14-20;/h15H,5-14H2,1-4H3,(H,17,18);1H. The van der Waals surface area contributed by atoms with Crippen molar-refractivity contribution in [3.8, 4) is 0 Å². The van der Waals surface area contributed by atoms with Crippen LogP contribution in [0.5, 0.6) is 0 Å². The summed E-state index contributed by atoms with van der Waals surface area (Å²) in [5, 5.41) is 3.45. The van der Waals surface area contributed by atoms with Crippen LogP contribution in [0.2, 0.25) is 0 Å². The van der Waals surface area contributed by atoms with Crippen LogP contribution in [0.3, 0.4) is 0 Å². The third-order valence-electron chi connectivity index (χ3n) is 3.93. The molecule has 1 unspecified atom stereocenters. The lowest BCUT2D eigenvalue weighted by atomic mass is 10.0. The summed E-state index contributed by atoms with van der Waals surface area (Å²) >= 11 is 0. The minimum Gasteiger partial charge on any atom is -0.357 e. The molecule has 1 aliphatic rings. The summed E-state index contributed by atoms with van der Waals surface area (Å²) in [6.07, 6.45) is 5.20. The number of likely N-dealkylation sites (N-methyl/N-ethyl adjacent to an activating group) is 1. The lowest BCUT2D eigenvalue weighted by Crippen LogP contribution is -2.46. The molecule has 1 aliphatic heterocycles. The first-order valence-corrected chi connectivity index (χ1v) is 8.39. The maximum atomic E-state index is 4.81. The third-order valence-corrected chi connectivity index (χ3v) is 3.93. The van der Waals surface area contributed by atoms with Crippen LogP contribution in [0.15, 0.2) is 4.99 Å². The number of guanidine groups is 1. The Hall–Kier alpha value is -0.0400. The Bertz CT molecular complexity index is 283. The molecule has 1 fully saturated rings. The Morgan fingerprint density at radius 1 is 1.33 bits per heavy atom. The molecule has 0 aromatic carbocycles. The van der Waals surface area contributed by atoms with Gasteiger partial charge in [0.15, 0.2) is 5.96 Å². The van der Waals surface area contributed by atoms with Crippen molar-refractivity contribution < 1.29 is 0 Å². The highest BCUT2D eigenvalue weighted by molar-refractivity contribution is 14.0. The lowest BCUT2D eigenvalue weighted by Gasteiger charge is -2.33. The summed E-state index contributed by atoms with van der Waals surface area (Å²) in [5.74, 6) is 1.91. The number of rotatable bonds is 7. The molecule has 0 bridgehead atoms.